The highest BCUT2D eigenvalue weighted by Gasteiger charge is 2.50. The molecule has 2 heteroatoms. The molecule has 0 saturated carbocycles. The van der Waals surface area contributed by atoms with Gasteiger partial charge in [0.1, 0.15) is 0 Å². The first-order chi connectivity index (χ1) is 14.9. The molecule has 0 radical (unpaired) electrons. The van der Waals surface area contributed by atoms with Gasteiger partial charge in [0, 0.05) is 21.9 Å². The maximum Gasteiger partial charge on any atom is 0.0764 e. The van der Waals surface area contributed by atoms with Crippen LogP contribution in [0.4, 0.5) is 11.4 Å². The van der Waals surface area contributed by atoms with Crippen molar-refractivity contribution in [2.24, 2.45) is 0 Å². The molecule has 0 amide bonds. The third-order valence-electron chi connectivity index (χ3n) is 6.57. The fourth-order valence-corrected chi connectivity index (χ4v) is 6.55. The summed E-state index contributed by atoms with van der Waals surface area (Å²) in [6, 6.07) is 35.9. The summed E-state index contributed by atoms with van der Waals surface area (Å²) in [5.41, 5.74) is 9.21. The van der Waals surface area contributed by atoms with Crippen LogP contribution in [0, 0.1) is 0 Å². The number of rotatable bonds is 1. The predicted octanol–water partition coefficient (Wildman–Crippen LogP) is 7.27. The van der Waals surface area contributed by atoms with Gasteiger partial charge in [-0.1, -0.05) is 90.6 Å². The molecular formula is C28H19NS. The average Bonchev–Trinajstić information content (AvgIpc) is 3.64. The highest BCUT2D eigenvalue weighted by atomic mass is 32.2. The minimum Gasteiger partial charge on any atom is -0.314 e. The van der Waals surface area contributed by atoms with Gasteiger partial charge in [-0.25, -0.2) is 0 Å². The van der Waals surface area contributed by atoms with E-state index in [4.69, 9.17) is 0 Å². The highest BCUT2D eigenvalue weighted by molar-refractivity contribution is 7.99. The minimum absolute atomic E-state index is 0.308. The molecular weight excluding hydrogens is 382 g/mol. The van der Waals surface area contributed by atoms with E-state index in [0.717, 1.165) is 6.42 Å². The van der Waals surface area contributed by atoms with Gasteiger partial charge in [0.2, 0.25) is 0 Å². The topological polar surface area (TPSA) is 3.24 Å². The van der Waals surface area contributed by atoms with E-state index in [0.29, 0.717) is 0 Å². The summed E-state index contributed by atoms with van der Waals surface area (Å²) < 4.78 is 0. The lowest BCUT2D eigenvalue weighted by atomic mass is 9.62. The molecule has 2 heterocycles. The number of hydrogen-bond donors (Lipinski definition) is 0. The number of allylic oxidation sites excluding steroid dienone is 2. The monoisotopic (exact) mass is 401 g/mol. The number of fused-ring (bicyclic) bond motifs is 8. The van der Waals surface area contributed by atoms with Crippen LogP contribution in [-0.4, -0.2) is 0 Å². The van der Waals surface area contributed by atoms with Crippen molar-refractivity contribution >= 4 is 23.1 Å². The van der Waals surface area contributed by atoms with Gasteiger partial charge < -0.3 is 4.90 Å². The standard InChI is InChI=1S/C28H19NS/c1-5-13-24-20(9-1)28(21-10-2-6-14-25(21)29(24)19-17-18-19)22-11-3-7-15-26(22)30-27-16-8-4-12-23(27)28/h1-17H,18H2. The minimum atomic E-state index is -0.308. The van der Waals surface area contributed by atoms with Crippen molar-refractivity contribution in [3.8, 4) is 0 Å². The zero-order valence-corrected chi connectivity index (χ0v) is 17.2. The summed E-state index contributed by atoms with van der Waals surface area (Å²) in [6.45, 7) is 0. The van der Waals surface area contributed by atoms with Crippen LogP contribution in [0.2, 0.25) is 0 Å². The summed E-state index contributed by atoms with van der Waals surface area (Å²) in [7, 11) is 0. The zero-order valence-electron chi connectivity index (χ0n) is 16.4. The molecule has 1 nitrogen and oxygen atoms in total. The van der Waals surface area contributed by atoms with Gasteiger partial charge in [-0.3, -0.25) is 0 Å². The molecule has 0 atom stereocenters. The van der Waals surface area contributed by atoms with E-state index in [1.165, 1.54) is 49.1 Å². The van der Waals surface area contributed by atoms with Gasteiger partial charge in [0.05, 0.1) is 16.8 Å². The van der Waals surface area contributed by atoms with Crippen molar-refractivity contribution in [1.29, 1.82) is 0 Å². The molecule has 0 bridgehead atoms. The summed E-state index contributed by atoms with van der Waals surface area (Å²) in [6.07, 6.45) is 3.39. The van der Waals surface area contributed by atoms with Crippen LogP contribution >= 0.6 is 11.8 Å². The predicted molar refractivity (Wildman–Crippen MR) is 124 cm³/mol. The molecule has 30 heavy (non-hydrogen) atoms. The molecule has 0 unspecified atom stereocenters. The SMILES string of the molecule is C1=C(N2c3ccccc3C3(c4ccccc4Sc4ccccc43)c3ccccc32)C1. The lowest BCUT2D eigenvalue weighted by Gasteiger charge is -2.48. The maximum absolute atomic E-state index is 2.48. The van der Waals surface area contributed by atoms with Crippen molar-refractivity contribution < 1.29 is 0 Å². The van der Waals surface area contributed by atoms with Gasteiger partial charge in [-0.2, -0.15) is 0 Å². The molecule has 7 rings (SSSR count). The quantitative estimate of drug-likeness (QED) is 0.290. The number of para-hydroxylation sites is 2. The Bertz CT molecular complexity index is 1270. The van der Waals surface area contributed by atoms with Crippen LogP contribution in [0.15, 0.2) is 119 Å². The van der Waals surface area contributed by atoms with Crippen LogP contribution in [0.25, 0.3) is 0 Å². The van der Waals surface area contributed by atoms with Gasteiger partial charge >= 0.3 is 0 Å². The smallest absolute Gasteiger partial charge is 0.0764 e. The highest BCUT2D eigenvalue weighted by Crippen LogP contribution is 2.62. The Morgan fingerprint density at radius 3 is 1.50 bits per heavy atom. The fourth-order valence-electron chi connectivity index (χ4n) is 5.36. The van der Waals surface area contributed by atoms with E-state index in [-0.39, 0.29) is 5.41 Å². The Labute approximate surface area is 180 Å². The molecule has 0 N–H and O–H groups in total. The lowest BCUT2D eigenvalue weighted by molar-refractivity contribution is 0.690. The van der Waals surface area contributed by atoms with Gasteiger partial charge in [0.15, 0.2) is 0 Å². The van der Waals surface area contributed by atoms with E-state index in [1.807, 2.05) is 11.8 Å². The van der Waals surface area contributed by atoms with E-state index in [1.54, 1.807) is 0 Å². The Morgan fingerprint density at radius 2 is 1.00 bits per heavy atom. The second kappa shape index (κ2) is 5.90. The summed E-state index contributed by atoms with van der Waals surface area (Å²) in [4.78, 5) is 5.17. The largest absolute Gasteiger partial charge is 0.314 e. The Balaban J connectivity index is 1.70. The van der Waals surface area contributed by atoms with E-state index >= 15 is 0 Å². The Hall–Kier alpha value is -3.23. The van der Waals surface area contributed by atoms with Crippen molar-refractivity contribution in [3.63, 3.8) is 0 Å². The molecule has 0 saturated heterocycles. The van der Waals surface area contributed by atoms with Crippen LogP contribution in [-0.2, 0) is 5.41 Å². The molecule has 0 aromatic heterocycles. The maximum atomic E-state index is 2.48. The number of hydrogen-bond acceptors (Lipinski definition) is 2. The van der Waals surface area contributed by atoms with Crippen LogP contribution in [0.3, 0.4) is 0 Å². The zero-order chi connectivity index (χ0) is 19.7. The molecule has 1 spiro atoms. The first-order valence-electron chi connectivity index (χ1n) is 10.4. The van der Waals surface area contributed by atoms with E-state index in [2.05, 4.69) is 108 Å². The number of anilines is 2. The molecule has 142 valence electrons. The van der Waals surface area contributed by atoms with Crippen molar-refractivity contribution in [3.05, 3.63) is 131 Å². The first kappa shape index (κ1) is 16.6. The molecule has 1 aliphatic carbocycles. The second-order valence-electron chi connectivity index (χ2n) is 8.11. The van der Waals surface area contributed by atoms with Crippen LogP contribution in [0.1, 0.15) is 28.7 Å². The average molecular weight is 402 g/mol. The van der Waals surface area contributed by atoms with Gasteiger partial charge in [-0.05, 0) is 46.5 Å². The van der Waals surface area contributed by atoms with Crippen molar-refractivity contribution in [1.82, 2.24) is 0 Å². The number of benzene rings is 4. The van der Waals surface area contributed by atoms with Crippen molar-refractivity contribution in [2.45, 2.75) is 21.6 Å². The summed E-state index contributed by atoms with van der Waals surface area (Å²) in [5.74, 6) is 0. The Kier molecular flexibility index (Phi) is 3.26. The number of nitrogens with zero attached hydrogens (tertiary/aromatic N) is 1. The summed E-state index contributed by atoms with van der Waals surface area (Å²) >= 11 is 1.89. The molecule has 0 fully saturated rings. The molecule has 4 aromatic carbocycles. The molecule has 3 aliphatic rings. The summed E-state index contributed by atoms with van der Waals surface area (Å²) in [5, 5.41) is 0. The van der Waals surface area contributed by atoms with E-state index < -0.39 is 0 Å². The second-order valence-corrected chi connectivity index (χ2v) is 9.20. The third-order valence-corrected chi connectivity index (χ3v) is 7.73. The van der Waals surface area contributed by atoms with Gasteiger partial charge in [0.25, 0.3) is 0 Å². The van der Waals surface area contributed by atoms with Crippen molar-refractivity contribution in [2.75, 3.05) is 4.90 Å². The van der Waals surface area contributed by atoms with Crippen LogP contribution < -0.4 is 4.90 Å². The molecule has 4 aromatic rings. The van der Waals surface area contributed by atoms with Crippen LogP contribution in [0.5, 0.6) is 0 Å². The first-order valence-corrected chi connectivity index (χ1v) is 11.3. The van der Waals surface area contributed by atoms with E-state index in [9.17, 15) is 0 Å². The normalized spacial score (nSPS) is 16.8. The molecule has 2 aliphatic heterocycles. The lowest BCUT2D eigenvalue weighted by Crippen LogP contribution is -2.39. The third kappa shape index (κ3) is 1.99. The van der Waals surface area contributed by atoms with Gasteiger partial charge in [-0.15, -0.1) is 0 Å². The Morgan fingerprint density at radius 1 is 0.567 bits per heavy atom. The fraction of sp³-hybridized carbons (Fsp3) is 0.0714.